The Morgan fingerprint density at radius 2 is 2.00 bits per heavy atom. The molecule has 2 amide bonds. The first-order valence-corrected chi connectivity index (χ1v) is 10.5. The minimum atomic E-state index is -0.299. The molecule has 31 heavy (non-hydrogen) atoms. The first-order valence-electron chi connectivity index (χ1n) is 10.5. The lowest BCUT2D eigenvalue weighted by molar-refractivity contribution is 0.159. The molecule has 0 aliphatic carbocycles. The molecular formula is C23H23FN4O3. The van der Waals surface area contributed by atoms with Crippen molar-refractivity contribution >= 4 is 11.7 Å². The Hall–Kier alpha value is -3.55. The van der Waals surface area contributed by atoms with Crippen molar-refractivity contribution in [3.8, 4) is 22.8 Å². The van der Waals surface area contributed by atoms with Crippen LogP contribution in [0.5, 0.6) is 11.5 Å². The van der Waals surface area contributed by atoms with Gasteiger partial charge in [-0.2, -0.15) is 0 Å². The second-order valence-electron chi connectivity index (χ2n) is 7.69. The van der Waals surface area contributed by atoms with E-state index in [1.54, 1.807) is 35.4 Å². The van der Waals surface area contributed by atoms with Crippen molar-refractivity contribution in [3.63, 3.8) is 0 Å². The minimum Gasteiger partial charge on any atom is -0.486 e. The Balaban J connectivity index is 1.34. The van der Waals surface area contributed by atoms with Gasteiger partial charge in [0.1, 0.15) is 24.9 Å². The third-order valence-corrected chi connectivity index (χ3v) is 5.60. The molecule has 0 saturated carbocycles. The molecule has 2 aliphatic heterocycles. The van der Waals surface area contributed by atoms with Crippen LogP contribution in [0.4, 0.5) is 14.9 Å². The van der Waals surface area contributed by atoms with Crippen molar-refractivity contribution in [2.24, 2.45) is 0 Å². The standard InChI is InChI=1S/C23H23FN4O3/c24-16-5-3-4-15(12-16)18-14-25-22(27-18)19-6-1-2-9-28(19)23(29)26-17-7-8-20-21(13-17)31-11-10-30-20/h3-5,7-8,12-14,19H,1-2,6,9-11H2,(H,25,27)(H,26,29). The Morgan fingerprint density at radius 3 is 2.87 bits per heavy atom. The topological polar surface area (TPSA) is 79.5 Å². The predicted molar refractivity (Wildman–Crippen MR) is 114 cm³/mol. The zero-order valence-corrected chi connectivity index (χ0v) is 16.9. The van der Waals surface area contributed by atoms with Gasteiger partial charge in [0.05, 0.1) is 17.9 Å². The number of amides is 2. The Morgan fingerprint density at radius 1 is 1.13 bits per heavy atom. The van der Waals surface area contributed by atoms with Gasteiger partial charge in [0.15, 0.2) is 11.5 Å². The Bertz CT molecular complexity index is 1100. The highest BCUT2D eigenvalue weighted by molar-refractivity contribution is 5.90. The van der Waals surface area contributed by atoms with Crippen molar-refractivity contribution in [3.05, 3.63) is 60.3 Å². The highest BCUT2D eigenvalue weighted by Crippen LogP contribution is 2.34. The monoisotopic (exact) mass is 422 g/mol. The minimum absolute atomic E-state index is 0.173. The van der Waals surface area contributed by atoms with Crippen molar-refractivity contribution in [1.82, 2.24) is 14.9 Å². The van der Waals surface area contributed by atoms with Gasteiger partial charge in [0, 0.05) is 23.9 Å². The number of fused-ring (bicyclic) bond motifs is 1. The molecule has 160 valence electrons. The fourth-order valence-electron chi connectivity index (χ4n) is 4.08. The summed E-state index contributed by atoms with van der Waals surface area (Å²) in [7, 11) is 0. The van der Waals surface area contributed by atoms with E-state index in [2.05, 4.69) is 15.3 Å². The van der Waals surface area contributed by atoms with Gasteiger partial charge in [-0.05, 0) is 43.5 Å². The largest absolute Gasteiger partial charge is 0.486 e. The van der Waals surface area contributed by atoms with Crippen LogP contribution in [0.15, 0.2) is 48.7 Å². The number of nitrogens with zero attached hydrogens (tertiary/aromatic N) is 2. The van der Waals surface area contributed by atoms with Gasteiger partial charge in [-0.3, -0.25) is 0 Å². The number of benzene rings is 2. The molecule has 1 atom stereocenters. The van der Waals surface area contributed by atoms with Crippen LogP contribution >= 0.6 is 0 Å². The van der Waals surface area contributed by atoms with Crippen LogP contribution in [0.25, 0.3) is 11.3 Å². The Labute approximate surface area is 179 Å². The number of urea groups is 1. The normalized spacial score (nSPS) is 18.0. The van der Waals surface area contributed by atoms with E-state index >= 15 is 0 Å². The van der Waals surface area contributed by atoms with Gasteiger partial charge in [-0.25, -0.2) is 14.2 Å². The fraction of sp³-hybridized carbons (Fsp3) is 0.304. The van der Waals surface area contributed by atoms with Crippen LogP contribution in [0.2, 0.25) is 0 Å². The average Bonchev–Trinajstić information content (AvgIpc) is 3.29. The summed E-state index contributed by atoms with van der Waals surface area (Å²) in [5, 5.41) is 2.97. The van der Waals surface area contributed by atoms with E-state index in [0.29, 0.717) is 42.8 Å². The van der Waals surface area contributed by atoms with Gasteiger partial charge in [-0.15, -0.1) is 0 Å². The van der Waals surface area contributed by atoms with E-state index in [1.165, 1.54) is 12.1 Å². The van der Waals surface area contributed by atoms with Gasteiger partial charge in [0.2, 0.25) is 0 Å². The lowest BCUT2D eigenvalue weighted by Gasteiger charge is -2.34. The number of H-pyrrole nitrogens is 1. The maximum atomic E-state index is 13.6. The van der Waals surface area contributed by atoms with E-state index in [0.717, 1.165) is 30.5 Å². The molecule has 1 fully saturated rings. The Kier molecular flexibility index (Phi) is 5.19. The number of rotatable bonds is 3. The molecule has 1 saturated heterocycles. The number of likely N-dealkylation sites (tertiary alicyclic amines) is 1. The van der Waals surface area contributed by atoms with Crippen molar-refractivity contribution in [2.45, 2.75) is 25.3 Å². The fourth-order valence-corrected chi connectivity index (χ4v) is 4.08. The summed E-state index contributed by atoms with van der Waals surface area (Å²) in [5.41, 5.74) is 2.10. The molecule has 5 rings (SSSR count). The maximum absolute atomic E-state index is 13.6. The van der Waals surface area contributed by atoms with E-state index in [1.807, 2.05) is 6.07 Å². The first-order chi connectivity index (χ1) is 15.2. The molecule has 8 heteroatoms. The molecule has 2 N–H and O–H groups in total. The number of hydrogen-bond acceptors (Lipinski definition) is 4. The zero-order chi connectivity index (χ0) is 21.2. The highest BCUT2D eigenvalue weighted by atomic mass is 19.1. The number of aromatic amines is 1. The summed E-state index contributed by atoms with van der Waals surface area (Å²) >= 11 is 0. The van der Waals surface area contributed by atoms with Crippen LogP contribution in [0.1, 0.15) is 31.1 Å². The number of ether oxygens (including phenoxy) is 2. The predicted octanol–water partition coefficient (Wildman–Crippen LogP) is 4.75. The molecule has 3 heterocycles. The first kappa shape index (κ1) is 19.4. The molecule has 1 aromatic heterocycles. The number of halogens is 1. The molecule has 7 nitrogen and oxygen atoms in total. The SMILES string of the molecule is O=C(Nc1ccc2c(c1)OCCO2)N1CCCCC1c1ncc(-c2cccc(F)c2)[nH]1. The summed E-state index contributed by atoms with van der Waals surface area (Å²) in [5.74, 6) is 1.72. The molecule has 2 aromatic carbocycles. The average molecular weight is 422 g/mol. The number of imidazole rings is 1. The summed E-state index contributed by atoms with van der Waals surface area (Å²) in [6.45, 7) is 1.65. The van der Waals surface area contributed by atoms with Gasteiger partial charge >= 0.3 is 6.03 Å². The van der Waals surface area contributed by atoms with E-state index < -0.39 is 0 Å². The lowest BCUT2D eigenvalue weighted by atomic mass is 10.0. The zero-order valence-electron chi connectivity index (χ0n) is 16.9. The molecule has 0 bridgehead atoms. The van der Waals surface area contributed by atoms with Crippen LogP contribution < -0.4 is 14.8 Å². The van der Waals surface area contributed by atoms with Crippen LogP contribution in [0.3, 0.4) is 0 Å². The molecule has 3 aromatic rings. The van der Waals surface area contributed by atoms with Crippen molar-refractivity contribution < 1.29 is 18.7 Å². The van der Waals surface area contributed by atoms with Crippen LogP contribution in [-0.4, -0.2) is 40.7 Å². The summed E-state index contributed by atoms with van der Waals surface area (Å²) < 4.78 is 24.7. The van der Waals surface area contributed by atoms with Gasteiger partial charge < -0.3 is 24.7 Å². The van der Waals surface area contributed by atoms with Crippen molar-refractivity contribution in [2.75, 3.05) is 25.1 Å². The number of anilines is 1. The summed E-state index contributed by atoms with van der Waals surface area (Å²) in [6.07, 6.45) is 4.44. The third kappa shape index (κ3) is 4.05. The molecular weight excluding hydrogens is 399 g/mol. The number of nitrogens with one attached hydrogen (secondary N) is 2. The summed E-state index contributed by atoms with van der Waals surface area (Å²) in [6, 6.07) is 11.4. The van der Waals surface area contributed by atoms with E-state index in [4.69, 9.17) is 9.47 Å². The quantitative estimate of drug-likeness (QED) is 0.639. The summed E-state index contributed by atoms with van der Waals surface area (Å²) in [4.78, 5) is 22.7. The molecule has 0 radical (unpaired) electrons. The van der Waals surface area contributed by atoms with Gasteiger partial charge in [0.25, 0.3) is 0 Å². The second kappa shape index (κ2) is 8.29. The molecule has 2 aliphatic rings. The molecule has 0 spiro atoms. The lowest BCUT2D eigenvalue weighted by Crippen LogP contribution is -2.41. The number of hydrogen-bond donors (Lipinski definition) is 2. The second-order valence-corrected chi connectivity index (χ2v) is 7.69. The number of aromatic nitrogens is 2. The third-order valence-electron chi connectivity index (χ3n) is 5.60. The smallest absolute Gasteiger partial charge is 0.322 e. The van der Waals surface area contributed by atoms with E-state index in [-0.39, 0.29) is 17.9 Å². The molecule has 1 unspecified atom stereocenters. The number of carbonyl (C=O) groups is 1. The number of carbonyl (C=O) groups excluding carboxylic acids is 1. The van der Waals surface area contributed by atoms with Crippen LogP contribution in [-0.2, 0) is 0 Å². The highest BCUT2D eigenvalue weighted by Gasteiger charge is 2.30. The number of piperidine rings is 1. The maximum Gasteiger partial charge on any atom is 0.322 e. The van der Waals surface area contributed by atoms with E-state index in [9.17, 15) is 9.18 Å². The van der Waals surface area contributed by atoms with Crippen molar-refractivity contribution in [1.29, 1.82) is 0 Å². The van der Waals surface area contributed by atoms with Gasteiger partial charge in [-0.1, -0.05) is 12.1 Å². The van der Waals surface area contributed by atoms with Crippen LogP contribution in [0, 0.1) is 5.82 Å².